The van der Waals surface area contributed by atoms with E-state index in [1.54, 1.807) is 14.2 Å². The van der Waals surface area contributed by atoms with Gasteiger partial charge in [-0.25, -0.2) is 0 Å². The molecule has 2 aromatic carbocycles. The highest BCUT2D eigenvalue weighted by Crippen LogP contribution is 2.37. The van der Waals surface area contributed by atoms with Crippen LogP contribution in [0, 0.1) is 0 Å². The molecule has 156 valence electrons. The van der Waals surface area contributed by atoms with E-state index in [-0.39, 0.29) is 11.9 Å². The molecule has 30 heavy (non-hydrogen) atoms. The Kier molecular flexibility index (Phi) is 6.35. The minimum absolute atomic E-state index is 0.0180. The van der Waals surface area contributed by atoms with Gasteiger partial charge in [0, 0.05) is 18.0 Å². The summed E-state index contributed by atoms with van der Waals surface area (Å²) in [5.41, 5.74) is 3.52. The molecule has 1 unspecified atom stereocenters. The number of nitrogens with zero attached hydrogens (tertiary/aromatic N) is 1. The van der Waals surface area contributed by atoms with Gasteiger partial charge in [-0.15, -0.1) is 11.3 Å². The second kappa shape index (κ2) is 9.32. The van der Waals surface area contributed by atoms with Crippen molar-refractivity contribution in [3.63, 3.8) is 0 Å². The van der Waals surface area contributed by atoms with Crippen molar-refractivity contribution >= 4 is 17.2 Å². The van der Waals surface area contributed by atoms with Gasteiger partial charge in [-0.2, -0.15) is 0 Å². The third-order valence-corrected chi connectivity index (χ3v) is 6.46. The fraction of sp³-hybridized carbons (Fsp3) is 0.292. The van der Waals surface area contributed by atoms with Crippen molar-refractivity contribution in [3.8, 4) is 11.5 Å². The van der Waals surface area contributed by atoms with Crippen LogP contribution >= 0.6 is 11.3 Å². The highest BCUT2D eigenvalue weighted by Gasteiger charge is 2.30. The Bertz CT molecular complexity index is 1000. The fourth-order valence-electron chi connectivity index (χ4n) is 4.00. The molecule has 0 saturated carbocycles. The second-order valence-corrected chi connectivity index (χ2v) is 8.30. The summed E-state index contributed by atoms with van der Waals surface area (Å²) >= 11 is 1.81. The maximum Gasteiger partial charge on any atom is 0.234 e. The van der Waals surface area contributed by atoms with Gasteiger partial charge in [-0.05, 0) is 46.7 Å². The Morgan fingerprint density at radius 2 is 1.90 bits per heavy atom. The van der Waals surface area contributed by atoms with Gasteiger partial charge in [0.05, 0.1) is 26.8 Å². The summed E-state index contributed by atoms with van der Waals surface area (Å²) in [5, 5.41) is 5.20. The Morgan fingerprint density at radius 3 is 2.67 bits per heavy atom. The minimum Gasteiger partial charge on any atom is -0.493 e. The van der Waals surface area contributed by atoms with Crippen molar-refractivity contribution in [3.05, 3.63) is 81.5 Å². The van der Waals surface area contributed by atoms with Gasteiger partial charge < -0.3 is 14.8 Å². The molecule has 6 heteroatoms. The summed E-state index contributed by atoms with van der Waals surface area (Å²) in [4.78, 5) is 16.5. The largest absolute Gasteiger partial charge is 0.493 e. The zero-order valence-corrected chi connectivity index (χ0v) is 18.1. The number of hydrogen-bond acceptors (Lipinski definition) is 5. The van der Waals surface area contributed by atoms with Crippen LogP contribution in [0.2, 0.25) is 0 Å². The first-order chi connectivity index (χ1) is 14.7. The molecular weight excluding hydrogens is 396 g/mol. The van der Waals surface area contributed by atoms with Crippen molar-refractivity contribution in [2.45, 2.75) is 19.0 Å². The normalized spacial score (nSPS) is 16.0. The van der Waals surface area contributed by atoms with Gasteiger partial charge in [0.1, 0.15) is 0 Å². The molecule has 1 atom stereocenters. The lowest BCUT2D eigenvalue weighted by Gasteiger charge is -2.35. The molecule has 0 saturated heterocycles. The number of amides is 1. The summed E-state index contributed by atoms with van der Waals surface area (Å²) in [6.07, 6.45) is 0.985. The smallest absolute Gasteiger partial charge is 0.234 e. The predicted molar refractivity (Wildman–Crippen MR) is 119 cm³/mol. The molecule has 1 N–H and O–H groups in total. The lowest BCUT2D eigenvalue weighted by molar-refractivity contribution is -0.122. The number of ether oxygens (including phenoxy) is 2. The van der Waals surface area contributed by atoms with Gasteiger partial charge in [0.15, 0.2) is 11.5 Å². The molecule has 1 aliphatic rings. The minimum atomic E-state index is 0.0180. The molecule has 1 amide bonds. The van der Waals surface area contributed by atoms with Gasteiger partial charge in [0.25, 0.3) is 0 Å². The van der Waals surface area contributed by atoms with Crippen LogP contribution in [0.1, 0.15) is 27.6 Å². The third kappa shape index (κ3) is 4.35. The number of thiophene rings is 1. The Hall–Kier alpha value is -2.83. The third-order valence-electron chi connectivity index (χ3n) is 5.47. The lowest BCUT2D eigenvalue weighted by atomic mass is 9.93. The van der Waals surface area contributed by atoms with E-state index in [0.717, 1.165) is 18.5 Å². The highest BCUT2D eigenvalue weighted by atomic mass is 32.1. The maximum absolute atomic E-state index is 12.8. The molecule has 2 heterocycles. The first-order valence-electron chi connectivity index (χ1n) is 10.0. The molecule has 3 aromatic rings. The molecule has 0 spiro atoms. The number of hydrogen-bond donors (Lipinski definition) is 1. The number of carbonyl (C=O) groups excluding carboxylic acids is 1. The van der Waals surface area contributed by atoms with E-state index in [4.69, 9.17) is 9.47 Å². The number of rotatable bonds is 7. The van der Waals surface area contributed by atoms with Crippen LogP contribution in [-0.4, -0.2) is 38.1 Å². The summed E-state index contributed by atoms with van der Waals surface area (Å²) in [6.45, 7) is 1.69. The summed E-state index contributed by atoms with van der Waals surface area (Å²) in [6, 6.07) is 18.4. The van der Waals surface area contributed by atoms with Gasteiger partial charge in [0.2, 0.25) is 5.91 Å². The quantitative estimate of drug-likeness (QED) is 0.625. The lowest BCUT2D eigenvalue weighted by Crippen LogP contribution is -2.42. The van der Waals surface area contributed by atoms with Crippen molar-refractivity contribution in [1.82, 2.24) is 10.2 Å². The molecule has 0 radical (unpaired) electrons. The number of fused-ring (bicyclic) bond motifs is 1. The van der Waals surface area contributed by atoms with Crippen LogP contribution in [0.4, 0.5) is 0 Å². The molecular formula is C24H26N2O3S. The predicted octanol–water partition coefficient (Wildman–Crippen LogP) is 4.03. The Balaban J connectivity index is 1.45. The Morgan fingerprint density at radius 1 is 1.10 bits per heavy atom. The van der Waals surface area contributed by atoms with Crippen molar-refractivity contribution in [2.75, 3.05) is 27.3 Å². The number of carbonyl (C=O) groups is 1. The number of nitrogens with one attached hydrogen (secondary N) is 1. The van der Waals surface area contributed by atoms with Crippen LogP contribution < -0.4 is 14.8 Å². The number of methoxy groups -OCH3 is 2. The van der Waals surface area contributed by atoms with Gasteiger partial charge >= 0.3 is 0 Å². The van der Waals surface area contributed by atoms with E-state index in [9.17, 15) is 4.79 Å². The summed E-state index contributed by atoms with van der Waals surface area (Å²) in [5.74, 6) is 1.36. The van der Waals surface area contributed by atoms with E-state index in [2.05, 4.69) is 45.9 Å². The van der Waals surface area contributed by atoms with Gasteiger partial charge in [-0.3, -0.25) is 9.69 Å². The van der Waals surface area contributed by atoms with E-state index in [0.29, 0.717) is 24.6 Å². The van der Waals surface area contributed by atoms with Crippen molar-refractivity contribution in [2.24, 2.45) is 0 Å². The topological polar surface area (TPSA) is 50.8 Å². The fourth-order valence-corrected chi connectivity index (χ4v) is 4.90. The first kappa shape index (κ1) is 20.4. The van der Waals surface area contributed by atoms with E-state index in [1.165, 1.54) is 16.0 Å². The zero-order valence-electron chi connectivity index (χ0n) is 17.3. The van der Waals surface area contributed by atoms with Crippen LogP contribution in [0.15, 0.2) is 60.0 Å². The molecule has 0 bridgehead atoms. The van der Waals surface area contributed by atoms with E-state index >= 15 is 0 Å². The summed E-state index contributed by atoms with van der Waals surface area (Å²) in [7, 11) is 3.22. The van der Waals surface area contributed by atoms with Crippen molar-refractivity contribution < 1.29 is 14.3 Å². The maximum atomic E-state index is 12.8. The molecule has 0 fully saturated rings. The Labute approximate surface area is 181 Å². The number of benzene rings is 2. The molecule has 4 rings (SSSR count). The van der Waals surface area contributed by atoms with E-state index < -0.39 is 0 Å². The zero-order chi connectivity index (χ0) is 20.9. The first-order valence-corrected chi connectivity index (χ1v) is 10.9. The second-order valence-electron chi connectivity index (χ2n) is 7.30. The molecule has 1 aliphatic heterocycles. The standard InChI is InChI=1S/C24H26N2O3S/c1-28-20-9-8-17(14-21(20)29-2)15-25-23(27)16-26-12-10-22-19(11-13-30-22)24(26)18-6-4-3-5-7-18/h3-9,11,13-14,24H,10,12,15-16H2,1-2H3,(H,25,27). The van der Waals surface area contributed by atoms with Crippen LogP contribution in [0.25, 0.3) is 0 Å². The van der Waals surface area contributed by atoms with Crippen LogP contribution in [0.5, 0.6) is 11.5 Å². The monoisotopic (exact) mass is 422 g/mol. The van der Waals surface area contributed by atoms with Gasteiger partial charge in [-0.1, -0.05) is 36.4 Å². The molecule has 5 nitrogen and oxygen atoms in total. The highest BCUT2D eigenvalue weighted by molar-refractivity contribution is 7.10. The molecule has 1 aromatic heterocycles. The summed E-state index contributed by atoms with van der Waals surface area (Å²) < 4.78 is 10.6. The average molecular weight is 423 g/mol. The molecule has 0 aliphatic carbocycles. The van der Waals surface area contributed by atoms with Crippen molar-refractivity contribution in [1.29, 1.82) is 0 Å². The van der Waals surface area contributed by atoms with E-state index in [1.807, 2.05) is 35.6 Å². The average Bonchev–Trinajstić information content (AvgIpc) is 3.26. The van der Waals surface area contributed by atoms with Crippen LogP contribution in [-0.2, 0) is 17.8 Å². The SMILES string of the molecule is COc1ccc(CNC(=O)CN2CCc3sccc3C2c2ccccc2)cc1OC. The van der Waals surface area contributed by atoms with Crippen LogP contribution in [0.3, 0.4) is 0 Å².